The molecule has 0 saturated heterocycles. The van der Waals surface area contributed by atoms with Crippen LogP contribution in [0.1, 0.15) is 72.1 Å². The second kappa shape index (κ2) is 6.57. The summed E-state index contributed by atoms with van der Waals surface area (Å²) in [6.45, 7) is 19.9. The van der Waals surface area contributed by atoms with E-state index in [0.717, 1.165) is 5.69 Å². The van der Waals surface area contributed by atoms with Gasteiger partial charge in [-0.1, -0.05) is 53.7 Å². The van der Waals surface area contributed by atoms with E-state index in [9.17, 15) is 0 Å². The van der Waals surface area contributed by atoms with Crippen molar-refractivity contribution in [3.05, 3.63) is 28.8 Å². The summed E-state index contributed by atoms with van der Waals surface area (Å²) >= 11 is 5.44. The maximum Gasteiger partial charge on any atom is 0.170 e. The minimum absolute atomic E-state index is 0.0573. The molecule has 0 aromatic heterocycles. The Balaban J connectivity index is 3.35. The topological polar surface area (TPSA) is 24.1 Å². The van der Waals surface area contributed by atoms with Crippen LogP contribution in [0.5, 0.6) is 0 Å². The van der Waals surface area contributed by atoms with Crippen molar-refractivity contribution in [2.45, 2.75) is 79.2 Å². The fourth-order valence-corrected chi connectivity index (χ4v) is 2.73. The molecule has 2 nitrogen and oxygen atoms in total. The summed E-state index contributed by atoms with van der Waals surface area (Å²) in [5, 5.41) is 7.37. The van der Waals surface area contributed by atoms with Crippen molar-refractivity contribution < 1.29 is 0 Å². The molecule has 0 radical (unpaired) electrons. The van der Waals surface area contributed by atoms with Crippen molar-refractivity contribution >= 4 is 23.0 Å². The Morgan fingerprint density at radius 2 is 1.55 bits per heavy atom. The van der Waals surface area contributed by atoms with Crippen LogP contribution in [0.25, 0.3) is 0 Å². The van der Waals surface area contributed by atoms with E-state index in [1.807, 2.05) is 0 Å². The normalized spacial score (nSPS) is 12.5. The summed E-state index contributed by atoms with van der Waals surface area (Å²) < 4.78 is 0. The van der Waals surface area contributed by atoms with Crippen LogP contribution in [0.15, 0.2) is 12.1 Å². The van der Waals surface area contributed by atoms with E-state index in [1.54, 1.807) is 0 Å². The van der Waals surface area contributed by atoms with Gasteiger partial charge in [-0.2, -0.15) is 0 Å². The molecule has 0 aliphatic carbocycles. The van der Waals surface area contributed by atoms with Crippen molar-refractivity contribution in [1.29, 1.82) is 0 Å². The molecular formula is C19H32N2S. The summed E-state index contributed by atoms with van der Waals surface area (Å²) in [4.78, 5) is 0. The van der Waals surface area contributed by atoms with E-state index in [0.29, 0.717) is 11.2 Å². The van der Waals surface area contributed by atoms with Gasteiger partial charge in [0.05, 0.1) is 0 Å². The molecule has 0 heterocycles. The standard InChI is InChI=1S/C19H32N2S/c1-12(2)20-17(22)21-16-13(3)10-14(18(4,5)6)11-15(16)19(7,8)9/h10-12H,1-9H3,(H2,20,21,22). The highest BCUT2D eigenvalue weighted by Gasteiger charge is 2.24. The largest absolute Gasteiger partial charge is 0.360 e. The van der Waals surface area contributed by atoms with Crippen LogP contribution >= 0.6 is 12.2 Å². The van der Waals surface area contributed by atoms with Gasteiger partial charge in [0.25, 0.3) is 0 Å². The van der Waals surface area contributed by atoms with Gasteiger partial charge in [0, 0.05) is 11.7 Å². The molecule has 0 spiro atoms. The molecule has 0 unspecified atom stereocenters. The van der Waals surface area contributed by atoms with Crippen LogP contribution < -0.4 is 10.6 Å². The second-order valence-electron chi connectivity index (χ2n) is 8.47. The quantitative estimate of drug-likeness (QED) is 0.724. The van der Waals surface area contributed by atoms with Gasteiger partial charge in [-0.05, 0) is 60.5 Å². The number of thiocarbonyl (C=S) groups is 1. The second-order valence-corrected chi connectivity index (χ2v) is 8.88. The molecule has 0 saturated carbocycles. The predicted octanol–water partition coefficient (Wildman–Crippen LogP) is 5.28. The molecule has 1 rings (SSSR count). The van der Waals surface area contributed by atoms with Gasteiger partial charge in [0.2, 0.25) is 0 Å². The highest BCUT2D eigenvalue weighted by Crippen LogP contribution is 2.36. The van der Waals surface area contributed by atoms with Crippen LogP contribution in [-0.2, 0) is 10.8 Å². The number of benzene rings is 1. The maximum absolute atomic E-state index is 5.44. The Morgan fingerprint density at radius 3 is 1.95 bits per heavy atom. The Labute approximate surface area is 142 Å². The first-order valence-corrected chi connectivity index (χ1v) is 8.46. The average molecular weight is 321 g/mol. The van der Waals surface area contributed by atoms with Gasteiger partial charge >= 0.3 is 0 Å². The molecule has 0 atom stereocenters. The molecule has 2 N–H and O–H groups in total. The lowest BCUT2D eigenvalue weighted by molar-refractivity contribution is 0.569. The van der Waals surface area contributed by atoms with Crippen molar-refractivity contribution in [3.63, 3.8) is 0 Å². The average Bonchev–Trinajstić information content (AvgIpc) is 2.27. The third kappa shape index (κ3) is 4.98. The van der Waals surface area contributed by atoms with Gasteiger partial charge in [-0.15, -0.1) is 0 Å². The number of rotatable bonds is 2. The number of nitrogens with one attached hydrogen (secondary N) is 2. The number of anilines is 1. The summed E-state index contributed by atoms with van der Waals surface area (Å²) in [7, 11) is 0. The zero-order valence-electron chi connectivity index (χ0n) is 15.6. The van der Waals surface area contributed by atoms with Crippen molar-refractivity contribution in [2.24, 2.45) is 0 Å². The van der Waals surface area contributed by atoms with E-state index in [2.05, 4.69) is 85.1 Å². The van der Waals surface area contributed by atoms with Gasteiger partial charge < -0.3 is 10.6 Å². The Morgan fingerprint density at radius 1 is 1.00 bits per heavy atom. The molecular weight excluding hydrogens is 288 g/mol. The molecule has 0 aliphatic rings. The molecule has 0 aliphatic heterocycles. The summed E-state index contributed by atoms with van der Waals surface area (Å²) in [6, 6.07) is 4.93. The number of aryl methyl sites for hydroxylation is 1. The van der Waals surface area contributed by atoms with Crippen molar-refractivity contribution in [1.82, 2.24) is 5.32 Å². The Kier molecular flexibility index (Phi) is 5.66. The first-order chi connectivity index (χ1) is 9.82. The smallest absolute Gasteiger partial charge is 0.170 e. The molecule has 1 aromatic rings. The minimum Gasteiger partial charge on any atom is -0.360 e. The van der Waals surface area contributed by atoms with Gasteiger partial charge in [0.15, 0.2) is 5.11 Å². The maximum atomic E-state index is 5.44. The monoisotopic (exact) mass is 320 g/mol. The first kappa shape index (κ1) is 19.0. The SMILES string of the molecule is Cc1cc(C(C)(C)C)cc(C(C)(C)C)c1NC(=S)NC(C)C. The lowest BCUT2D eigenvalue weighted by Gasteiger charge is -2.29. The number of hydrogen-bond donors (Lipinski definition) is 2. The highest BCUT2D eigenvalue weighted by molar-refractivity contribution is 7.80. The molecule has 0 amide bonds. The summed E-state index contributed by atoms with van der Waals surface area (Å²) in [6.07, 6.45) is 0. The first-order valence-electron chi connectivity index (χ1n) is 8.05. The molecule has 3 heteroatoms. The van der Waals surface area contributed by atoms with Gasteiger partial charge in [0.1, 0.15) is 0 Å². The predicted molar refractivity (Wildman–Crippen MR) is 103 cm³/mol. The molecule has 1 aromatic carbocycles. The fraction of sp³-hybridized carbons (Fsp3) is 0.632. The van der Waals surface area contributed by atoms with E-state index >= 15 is 0 Å². The highest BCUT2D eigenvalue weighted by atomic mass is 32.1. The Hall–Kier alpha value is -1.09. The zero-order chi connectivity index (χ0) is 17.3. The van der Waals surface area contributed by atoms with Gasteiger partial charge in [-0.3, -0.25) is 0 Å². The van der Waals surface area contributed by atoms with E-state index in [-0.39, 0.29) is 10.8 Å². The van der Waals surface area contributed by atoms with Crippen LogP contribution in [0.4, 0.5) is 5.69 Å². The summed E-state index contributed by atoms with van der Waals surface area (Å²) in [5.74, 6) is 0. The molecule has 0 bridgehead atoms. The number of hydrogen-bond acceptors (Lipinski definition) is 1. The van der Waals surface area contributed by atoms with E-state index in [1.165, 1.54) is 16.7 Å². The van der Waals surface area contributed by atoms with Gasteiger partial charge in [-0.25, -0.2) is 0 Å². The zero-order valence-corrected chi connectivity index (χ0v) is 16.5. The lowest BCUT2D eigenvalue weighted by atomic mass is 9.78. The minimum atomic E-state index is 0.0573. The van der Waals surface area contributed by atoms with E-state index in [4.69, 9.17) is 12.2 Å². The van der Waals surface area contributed by atoms with Crippen LogP contribution in [0.3, 0.4) is 0 Å². The van der Waals surface area contributed by atoms with Crippen LogP contribution in [-0.4, -0.2) is 11.2 Å². The summed E-state index contributed by atoms with van der Waals surface area (Å²) in [5.41, 5.74) is 5.25. The van der Waals surface area contributed by atoms with E-state index < -0.39 is 0 Å². The molecule has 124 valence electrons. The third-order valence-corrected chi connectivity index (χ3v) is 3.89. The molecule has 22 heavy (non-hydrogen) atoms. The van der Waals surface area contributed by atoms with Crippen LogP contribution in [0, 0.1) is 6.92 Å². The van der Waals surface area contributed by atoms with Crippen LogP contribution in [0.2, 0.25) is 0 Å². The van der Waals surface area contributed by atoms with Crippen molar-refractivity contribution in [3.8, 4) is 0 Å². The Bertz CT molecular complexity index is 546. The lowest BCUT2D eigenvalue weighted by Crippen LogP contribution is -2.35. The molecule has 0 fully saturated rings. The van der Waals surface area contributed by atoms with Crippen molar-refractivity contribution in [2.75, 3.05) is 5.32 Å². The fourth-order valence-electron chi connectivity index (χ4n) is 2.39. The third-order valence-electron chi connectivity index (χ3n) is 3.67.